The monoisotopic (exact) mass is 267 g/mol. The number of carbonyl (C=O) groups is 2. The molecule has 0 saturated heterocycles. The molecule has 1 amide bonds. The number of nitrogens with one attached hydrogen (secondary N) is 1. The number of amides is 1. The second-order valence-electron chi connectivity index (χ2n) is 5.19. The second kappa shape index (κ2) is 6.31. The zero-order valence-corrected chi connectivity index (χ0v) is 11.3. The van der Waals surface area contributed by atoms with Crippen LogP contribution in [-0.4, -0.2) is 24.5 Å². The molecule has 1 rings (SSSR count). The molecule has 0 fully saturated rings. The molecule has 104 valence electrons. The van der Waals surface area contributed by atoms with Crippen LogP contribution < -0.4 is 5.32 Å². The summed E-state index contributed by atoms with van der Waals surface area (Å²) in [5.41, 5.74) is 0.388. The van der Waals surface area contributed by atoms with Crippen molar-refractivity contribution < 1.29 is 18.7 Å². The summed E-state index contributed by atoms with van der Waals surface area (Å²) in [5, 5.41) is 2.57. The highest BCUT2D eigenvalue weighted by Crippen LogP contribution is 2.09. The number of halogens is 1. The van der Waals surface area contributed by atoms with E-state index in [1.165, 1.54) is 6.07 Å². The zero-order chi connectivity index (χ0) is 14.5. The molecule has 0 aromatic heterocycles. The summed E-state index contributed by atoms with van der Waals surface area (Å²) < 4.78 is 18.2. The quantitative estimate of drug-likeness (QED) is 0.853. The van der Waals surface area contributed by atoms with Gasteiger partial charge >= 0.3 is 6.09 Å². The first-order valence-electron chi connectivity index (χ1n) is 6.01. The molecule has 0 radical (unpaired) electrons. The number of ether oxygens (including phenoxy) is 1. The first-order chi connectivity index (χ1) is 8.80. The number of alkyl carbamates (subject to hydrolysis) is 1. The van der Waals surface area contributed by atoms with E-state index in [1.54, 1.807) is 26.8 Å². The van der Waals surface area contributed by atoms with Crippen LogP contribution in [0.1, 0.15) is 36.7 Å². The van der Waals surface area contributed by atoms with Crippen molar-refractivity contribution >= 4 is 12.4 Å². The van der Waals surface area contributed by atoms with Crippen molar-refractivity contribution in [1.29, 1.82) is 0 Å². The third-order valence-corrected chi connectivity index (χ3v) is 2.20. The zero-order valence-electron chi connectivity index (χ0n) is 11.3. The topological polar surface area (TPSA) is 55.4 Å². The minimum Gasteiger partial charge on any atom is -0.444 e. The van der Waals surface area contributed by atoms with Crippen molar-refractivity contribution in [3.8, 4) is 0 Å². The van der Waals surface area contributed by atoms with Crippen molar-refractivity contribution in [3.63, 3.8) is 0 Å². The minimum absolute atomic E-state index is 0.285. The molecule has 1 aromatic carbocycles. The van der Waals surface area contributed by atoms with Crippen LogP contribution in [0.4, 0.5) is 9.18 Å². The molecule has 0 bridgehead atoms. The first kappa shape index (κ1) is 15.1. The van der Waals surface area contributed by atoms with Gasteiger partial charge in [-0.1, -0.05) is 0 Å². The number of hydrogen-bond donors (Lipinski definition) is 1. The van der Waals surface area contributed by atoms with Gasteiger partial charge in [0, 0.05) is 12.1 Å². The Labute approximate surface area is 112 Å². The highest BCUT2D eigenvalue weighted by Gasteiger charge is 2.15. The van der Waals surface area contributed by atoms with Gasteiger partial charge in [0.2, 0.25) is 0 Å². The van der Waals surface area contributed by atoms with E-state index in [4.69, 9.17) is 4.74 Å². The summed E-state index contributed by atoms with van der Waals surface area (Å²) >= 11 is 0. The van der Waals surface area contributed by atoms with Crippen molar-refractivity contribution in [2.45, 2.75) is 32.8 Å². The average molecular weight is 267 g/mol. The van der Waals surface area contributed by atoms with Crippen molar-refractivity contribution in [1.82, 2.24) is 5.32 Å². The van der Waals surface area contributed by atoms with Gasteiger partial charge in [-0.2, -0.15) is 0 Å². The summed E-state index contributed by atoms with van der Waals surface area (Å²) in [5.74, 6) is -0.461. The number of aldehydes is 1. The van der Waals surface area contributed by atoms with Crippen LogP contribution in [0.2, 0.25) is 0 Å². The van der Waals surface area contributed by atoms with Crippen LogP contribution in [-0.2, 0) is 11.2 Å². The highest BCUT2D eigenvalue weighted by atomic mass is 19.1. The summed E-state index contributed by atoms with van der Waals surface area (Å²) in [7, 11) is 0. The molecule has 0 saturated carbocycles. The van der Waals surface area contributed by atoms with Gasteiger partial charge in [0.1, 0.15) is 17.7 Å². The molecule has 0 spiro atoms. The van der Waals surface area contributed by atoms with Gasteiger partial charge in [-0.3, -0.25) is 4.79 Å². The lowest BCUT2D eigenvalue weighted by atomic mass is 10.1. The lowest BCUT2D eigenvalue weighted by molar-refractivity contribution is 0.0528. The molecule has 4 nitrogen and oxygen atoms in total. The number of benzene rings is 1. The normalized spacial score (nSPS) is 10.9. The molecule has 1 N–H and O–H groups in total. The lowest BCUT2D eigenvalue weighted by Gasteiger charge is -2.19. The summed E-state index contributed by atoms with van der Waals surface area (Å²) in [6.45, 7) is 5.64. The smallest absolute Gasteiger partial charge is 0.407 e. The maximum Gasteiger partial charge on any atom is 0.407 e. The fraction of sp³-hybridized carbons (Fsp3) is 0.429. The molecule has 19 heavy (non-hydrogen) atoms. The Balaban J connectivity index is 2.47. The van der Waals surface area contributed by atoms with E-state index in [0.29, 0.717) is 24.8 Å². The molecule has 0 aliphatic rings. The van der Waals surface area contributed by atoms with E-state index >= 15 is 0 Å². The first-order valence-corrected chi connectivity index (χ1v) is 6.01. The van der Waals surface area contributed by atoms with Crippen molar-refractivity contribution in [2.75, 3.05) is 6.54 Å². The molecule has 0 heterocycles. The third-order valence-electron chi connectivity index (χ3n) is 2.20. The Hall–Kier alpha value is -1.91. The maximum absolute atomic E-state index is 13.2. The predicted octanol–water partition coefficient (Wildman–Crippen LogP) is 2.71. The fourth-order valence-electron chi connectivity index (χ4n) is 1.51. The van der Waals surface area contributed by atoms with Crippen LogP contribution >= 0.6 is 0 Å². The Bertz CT molecular complexity index is 466. The Morgan fingerprint density at radius 2 is 2.05 bits per heavy atom. The number of carbonyl (C=O) groups excluding carboxylic acids is 2. The van der Waals surface area contributed by atoms with Gasteiger partial charge in [0.25, 0.3) is 0 Å². The molecule has 5 heteroatoms. The Morgan fingerprint density at radius 1 is 1.37 bits per heavy atom. The summed E-state index contributed by atoms with van der Waals surface area (Å²) in [6, 6.07) is 4.09. The molecule has 0 aliphatic heterocycles. The molecule has 1 aromatic rings. The van der Waals surface area contributed by atoms with Crippen LogP contribution in [0.5, 0.6) is 0 Å². The van der Waals surface area contributed by atoms with Gasteiger partial charge in [-0.15, -0.1) is 0 Å². The van der Waals surface area contributed by atoms with Gasteiger partial charge in [0.05, 0.1) is 0 Å². The Kier molecular flexibility index (Phi) is 5.03. The van der Waals surface area contributed by atoms with E-state index in [-0.39, 0.29) is 5.56 Å². The summed E-state index contributed by atoms with van der Waals surface area (Å²) in [6.07, 6.45) is 0.505. The van der Waals surface area contributed by atoms with E-state index in [0.717, 1.165) is 6.07 Å². The Morgan fingerprint density at radius 3 is 2.63 bits per heavy atom. The second-order valence-corrected chi connectivity index (χ2v) is 5.19. The number of rotatable bonds is 4. The fourth-order valence-corrected chi connectivity index (χ4v) is 1.51. The molecule has 0 atom stereocenters. The van der Waals surface area contributed by atoms with Crippen LogP contribution in [0.15, 0.2) is 18.2 Å². The van der Waals surface area contributed by atoms with Crippen molar-refractivity contribution in [3.05, 3.63) is 35.1 Å². The average Bonchev–Trinajstić information content (AvgIpc) is 2.25. The molecule has 0 aliphatic carbocycles. The maximum atomic E-state index is 13.2. The molecular weight excluding hydrogens is 249 g/mol. The van der Waals surface area contributed by atoms with E-state index in [2.05, 4.69) is 5.32 Å². The highest BCUT2D eigenvalue weighted by molar-refractivity contribution is 5.75. The van der Waals surface area contributed by atoms with Crippen LogP contribution in [0, 0.1) is 5.82 Å². The summed E-state index contributed by atoms with van der Waals surface area (Å²) in [4.78, 5) is 22.0. The third kappa shape index (κ3) is 5.99. The van der Waals surface area contributed by atoms with Crippen LogP contribution in [0.3, 0.4) is 0 Å². The van der Waals surface area contributed by atoms with E-state index < -0.39 is 17.5 Å². The number of hydrogen-bond acceptors (Lipinski definition) is 3. The van der Waals surface area contributed by atoms with E-state index in [9.17, 15) is 14.0 Å². The largest absolute Gasteiger partial charge is 0.444 e. The molecular formula is C14H18FNO3. The van der Waals surface area contributed by atoms with Gasteiger partial charge in [-0.05, 0) is 51.0 Å². The van der Waals surface area contributed by atoms with Gasteiger partial charge in [-0.25, -0.2) is 9.18 Å². The lowest BCUT2D eigenvalue weighted by Crippen LogP contribution is -2.33. The predicted molar refractivity (Wildman–Crippen MR) is 69.7 cm³/mol. The van der Waals surface area contributed by atoms with E-state index in [1.807, 2.05) is 0 Å². The SMILES string of the molecule is CC(C)(C)OC(=O)NCCc1cc(F)cc(C=O)c1. The molecule has 0 unspecified atom stereocenters. The van der Waals surface area contributed by atoms with Crippen LogP contribution in [0.25, 0.3) is 0 Å². The van der Waals surface area contributed by atoms with Gasteiger partial charge in [0.15, 0.2) is 0 Å². The van der Waals surface area contributed by atoms with Crippen molar-refractivity contribution in [2.24, 2.45) is 0 Å². The standard InChI is InChI=1S/C14H18FNO3/c1-14(2,3)19-13(18)16-5-4-10-6-11(9-17)8-12(15)7-10/h6-9H,4-5H2,1-3H3,(H,16,18). The minimum atomic E-state index is -0.548. The van der Waals surface area contributed by atoms with Gasteiger partial charge < -0.3 is 10.1 Å².